The zero-order chi connectivity index (χ0) is 22.9. The molecule has 1 aromatic carbocycles. The number of hydrogen-bond donors (Lipinski definition) is 2. The van der Waals surface area contributed by atoms with Gasteiger partial charge < -0.3 is 9.73 Å². The molecule has 32 heavy (non-hydrogen) atoms. The fourth-order valence-corrected chi connectivity index (χ4v) is 4.54. The highest BCUT2D eigenvalue weighted by Crippen LogP contribution is 2.33. The van der Waals surface area contributed by atoms with Gasteiger partial charge in [-0.25, -0.2) is 23.0 Å². The van der Waals surface area contributed by atoms with E-state index < -0.39 is 27.2 Å². The number of benzene rings is 1. The minimum atomic E-state index is -2.73. The van der Waals surface area contributed by atoms with E-state index in [4.69, 9.17) is 4.42 Å². The van der Waals surface area contributed by atoms with Crippen LogP contribution in [0.25, 0.3) is 22.1 Å². The van der Waals surface area contributed by atoms with Crippen molar-refractivity contribution >= 4 is 43.6 Å². The van der Waals surface area contributed by atoms with Crippen LogP contribution in [0.2, 0.25) is 0 Å². The van der Waals surface area contributed by atoms with Gasteiger partial charge in [0.15, 0.2) is 0 Å². The molecule has 1 atom stereocenters. The van der Waals surface area contributed by atoms with Crippen molar-refractivity contribution in [2.75, 3.05) is 11.6 Å². The molecule has 10 heteroatoms. The molecule has 0 saturated heterocycles. The molecule has 0 aliphatic heterocycles. The van der Waals surface area contributed by atoms with Crippen LogP contribution in [-0.4, -0.2) is 31.7 Å². The highest BCUT2D eigenvalue weighted by atomic mass is 32.2. The number of halogens is 2. The summed E-state index contributed by atoms with van der Waals surface area (Å²) >= 11 is 0. The summed E-state index contributed by atoms with van der Waals surface area (Å²) in [5.74, 6) is -0.820. The number of rotatable bonds is 5. The van der Waals surface area contributed by atoms with Gasteiger partial charge in [0.05, 0.1) is 27.6 Å². The van der Waals surface area contributed by atoms with E-state index in [1.54, 1.807) is 12.1 Å². The zero-order valence-corrected chi connectivity index (χ0v) is 17.9. The number of anilines is 2. The van der Waals surface area contributed by atoms with Gasteiger partial charge in [-0.15, -0.1) is 0 Å². The molecule has 4 rings (SSSR count). The van der Waals surface area contributed by atoms with E-state index in [1.165, 1.54) is 55.3 Å². The summed E-state index contributed by atoms with van der Waals surface area (Å²) in [5.41, 5.74) is 1.34. The number of nitrogens with one attached hydrogen (secondary N) is 2. The number of aromatic nitrogens is 2. The molecular weight excluding hydrogens is 438 g/mol. The maximum atomic E-state index is 14.6. The van der Waals surface area contributed by atoms with Crippen molar-refractivity contribution < 1.29 is 22.2 Å². The lowest BCUT2D eigenvalue weighted by molar-refractivity contribution is -0.117. The number of fused-ring (bicyclic) bond motifs is 1. The predicted molar refractivity (Wildman–Crippen MR) is 120 cm³/mol. The largest absolute Gasteiger partial charge is 0.464 e. The Hall–Kier alpha value is -3.79. The Balaban J connectivity index is 1.68. The summed E-state index contributed by atoms with van der Waals surface area (Å²) in [6, 6.07) is 8.87. The monoisotopic (exact) mass is 456 g/mol. The Morgan fingerprint density at radius 1 is 1.06 bits per heavy atom. The van der Waals surface area contributed by atoms with Crippen molar-refractivity contribution in [1.82, 2.24) is 14.7 Å². The molecule has 0 spiro atoms. The van der Waals surface area contributed by atoms with Gasteiger partial charge in [0.1, 0.15) is 28.9 Å². The van der Waals surface area contributed by atoms with E-state index in [0.717, 1.165) is 6.20 Å². The molecule has 0 radical (unpaired) electrons. The van der Waals surface area contributed by atoms with Crippen LogP contribution in [0.15, 0.2) is 59.5 Å². The number of furan rings is 1. The van der Waals surface area contributed by atoms with Gasteiger partial charge in [0, 0.05) is 35.9 Å². The molecule has 7 nitrogen and oxygen atoms in total. The van der Waals surface area contributed by atoms with Crippen LogP contribution in [0, 0.1) is 11.6 Å². The molecule has 0 aliphatic rings. The van der Waals surface area contributed by atoms with Gasteiger partial charge in [-0.05, 0) is 42.0 Å². The van der Waals surface area contributed by atoms with E-state index in [0.29, 0.717) is 16.9 Å². The molecule has 0 bridgehead atoms. The number of carbonyl (C=O) groups is 1. The van der Waals surface area contributed by atoms with Crippen molar-refractivity contribution in [2.45, 2.75) is 6.92 Å². The molecule has 164 valence electrons. The third-order valence-electron chi connectivity index (χ3n) is 4.46. The molecular formula is C22H18F2N4O3S. The lowest BCUT2D eigenvalue weighted by Gasteiger charge is -2.10. The number of pyridine rings is 2. The summed E-state index contributed by atoms with van der Waals surface area (Å²) in [6.45, 7) is 1.28. The average molecular weight is 456 g/mol. The minimum absolute atomic E-state index is 0.174. The molecule has 3 heterocycles. The zero-order valence-electron chi connectivity index (χ0n) is 17.1. The Bertz CT molecular complexity index is 1460. The fraction of sp³-hybridized carbons (Fsp3) is 0.0909. The van der Waals surface area contributed by atoms with E-state index in [2.05, 4.69) is 20.0 Å². The number of nitrogens with zero attached hydrogens (tertiary/aromatic N) is 2. The standard InChI is InChI=1S/C22H18F2N4O3S/c1-13(29)28-32(2,30)12-14-5-7-25-20(9-14)27-21-10-17(19(24)11-26-21)15-3-4-18(23)16-6-8-31-22(15)16/h3-12H,1-2H3,(H,25,26,27)(H,28,29,30). The Kier molecular flexibility index (Phi) is 5.62. The van der Waals surface area contributed by atoms with E-state index in [-0.39, 0.29) is 22.4 Å². The lowest BCUT2D eigenvalue weighted by atomic mass is 10.0. The molecule has 0 saturated carbocycles. The van der Waals surface area contributed by atoms with Gasteiger partial charge in [-0.3, -0.25) is 9.52 Å². The molecule has 0 fully saturated rings. The number of hydrogen-bond acceptors (Lipinski definition) is 6. The highest BCUT2D eigenvalue weighted by Gasteiger charge is 2.15. The normalized spacial score (nSPS) is 12.9. The summed E-state index contributed by atoms with van der Waals surface area (Å²) < 4.78 is 48.8. The number of amides is 1. The first-order chi connectivity index (χ1) is 15.2. The van der Waals surface area contributed by atoms with Crippen molar-refractivity contribution in [2.24, 2.45) is 0 Å². The van der Waals surface area contributed by atoms with Crippen LogP contribution in [0.4, 0.5) is 20.4 Å². The first kappa shape index (κ1) is 21.4. The third-order valence-corrected chi connectivity index (χ3v) is 5.87. The van der Waals surface area contributed by atoms with Crippen molar-refractivity contribution in [1.29, 1.82) is 0 Å². The van der Waals surface area contributed by atoms with Crippen molar-refractivity contribution in [3.05, 3.63) is 72.3 Å². The quantitative estimate of drug-likeness (QED) is 0.440. The second-order valence-corrected chi connectivity index (χ2v) is 9.33. The maximum Gasteiger partial charge on any atom is 0.228 e. The van der Waals surface area contributed by atoms with Crippen LogP contribution >= 0.6 is 0 Å². The van der Waals surface area contributed by atoms with Gasteiger partial charge in [-0.1, -0.05) is 0 Å². The SMILES string of the molecule is CC(=O)NS(C)(=O)=Cc1ccnc(Nc2cc(-c3ccc(F)c4ccoc34)c(F)cn2)c1. The summed E-state index contributed by atoms with van der Waals surface area (Å²) in [7, 11) is -2.73. The van der Waals surface area contributed by atoms with E-state index in [1.807, 2.05) is 0 Å². The molecule has 0 aliphatic carbocycles. The molecule has 4 aromatic rings. The molecule has 1 amide bonds. The fourth-order valence-electron chi connectivity index (χ4n) is 3.25. The summed E-state index contributed by atoms with van der Waals surface area (Å²) in [6.07, 6.45) is 5.29. The maximum absolute atomic E-state index is 14.6. The van der Waals surface area contributed by atoms with E-state index in [9.17, 15) is 17.8 Å². The second-order valence-electron chi connectivity index (χ2n) is 7.09. The van der Waals surface area contributed by atoms with Crippen LogP contribution in [0.3, 0.4) is 0 Å². The third kappa shape index (κ3) is 4.59. The van der Waals surface area contributed by atoms with Crippen LogP contribution < -0.4 is 10.0 Å². The average Bonchev–Trinajstić information content (AvgIpc) is 3.20. The van der Waals surface area contributed by atoms with Gasteiger partial charge in [0.25, 0.3) is 0 Å². The van der Waals surface area contributed by atoms with Gasteiger partial charge >= 0.3 is 0 Å². The first-order valence-corrected chi connectivity index (χ1v) is 11.4. The highest BCUT2D eigenvalue weighted by molar-refractivity contribution is 7.99. The molecule has 2 N–H and O–H groups in total. The first-order valence-electron chi connectivity index (χ1n) is 9.39. The summed E-state index contributed by atoms with van der Waals surface area (Å²) in [4.78, 5) is 19.4. The van der Waals surface area contributed by atoms with Crippen LogP contribution in [-0.2, 0) is 14.5 Å². The summed E-state index contributed by atoms with van der Waals surface area (Å²) in [5, 5.41) is 4.65. The second kappa shape index (κ2) is 8.39. The minimum Gasteiger partial charge on any atom is -0.464 e. The Morgan fingerprint density at radius 3 is 2.62 bits per heavy atom. The number of carbonyl (C=O) groups excluding carboxylic acids is 1. The topological polar surface area (TPSA) is 97.1 Å². The smallest absolute Gasteiger partial charge is 0.228 e. The predicted octanol–water partition coefficient (Wildman–Crippen LogP) is 4.03. The lowest BCUT2D eigenvalue weighted by Crippen LogP contribution is -2.28. The van der Waals surface area contributed by atoms with Crippen LogP contribution in [0.5, 0.6) is 0 Å². The van der Waals surface area contributed by atoms with Gasteiger partial charge in [0.2, 0.25) is 5.91 Å². The van der Waals surface area contributed by atoms with Crippen molar-refractivity contribution in [3.8, 4) is 11.1 Å². The Morgan fingerprint density at radius 2 is 1.84 bits per heavy atom. The van der Waals surface area contributed by atoms with Gasteiger partial charge in [-0.2, -0.15) is 0 Å². The van der Waals surface area contributed by atoms with E-state index >= 15 is 0 Å². The van der Waals surface area contributed by atoms with Crippen LogP contribution in [0.1, 0.15) is 12.5 Å². The Labute approximate surface area is 182 Å². The molecule has 3 aromatic heterocycles. The molecule has 1 unspecified atom stereocenters. The van der Waals surface area contributed by atoms with Crippen molar-refractivity contribution in [3.63, 3.8) is 0 Å².